The average molecular weight is 250 g/mol. The molecule has 2 aliphatic rings. The highest BCUT2D eigenvalue weighted by Crippen LogP contribution is 2.28. The van der Waals surface area contributed by atoms with Gasteiger partial charge in [0.2, 0.25) is 0 Å². The van der Waals surface area contributed by atoms with Crippen molar-refractivity contribution < 1.29 is 4.74 Å². The van der Waals surface area contributed by atoms with Gasteiger partial charge in [-0.25, -0.2) is 0 Å². The molecule has 2 fully saturated rings. The monoisotopic (exact) mass is 250 g/mol. The summed E-state index contributed by atoms with van der Waals surface area (Å²) in [4.78, 5) is 2.58. The fourth-order valence-electron chi connectivity index (χ4n) is 2.56. The molecule has 0 amide bonds. The number of nitrogens with one attached hydrogen (secondary N) is 2. The summed E-state index contributed by atoms with van der Waals surface area (Å²) in [5, 5.41) is 10.5. The van der Waals surface area contributed by atoms with Crippen molar-refractivity contribution in [2.75, 3.05) is 26.2 Å². The minimum Gasteiger partial charge on any atom is -0.374 e. The van der Waals surface area contributed by atoms with Crippen molar-refractivity contribution in [3.05, 3.63) is 17.5 Å². The van der Waals surface area contributed by atoms with Gasteiger partial charge in [-0.1, -0.05) is 0 Å². The van der Waals surface area contributed by atoms with E-state index in [1.165, 1.54) is 18.4 Å². The van der Waals surface area contributed by atoms with E-state index >= 15 is 0 Å². The molecule has 5 heteroatoms. The van der Waals surface area contributed by atoms with Crippen LogP contribution in [-0.2, 0) is 11.3 Å². The second-order valence-corrected chi connectivity index (χ2v) is 5.37. The van der Waals surface area contributed by atoms with Crippen molar-refractivity contribution in [3.8, 4) is 0 Å². The Morgan fingerprint density at radius 2 is 2.44 bits per heavy atom. The molecule has 1 saturated carbocycles. The van der Waals surface area contributed by atoms with Crippen LogP contribution < -0.4 is 5.32 Å². The van der Waals surface area contributed by atoms with Crippen LogP contribution in [0.25, 0.3) is 0 Å². The number of H-pyrrole nitrogens is 1. The van der Waals surface area contributed by atoms with E-state index in [0.717, 1.165) is 44.5 Å². The third kappa shape index (κ3) is 2.91. The molecule has 1 saturated heterocycles. The Labute approximate surface area is 108 Å². The highest BCUT2D eigenvalue weighted by molar-refractivity contribution is 5.13. The predicted octanol–water partition coefficient (Wildman–Crippen LogP) is 0.671. The maximum atomic E-state index is 5.81. The van der Waals surface area contributed by atoms with Gasteiger partial charge in [-0.3, -0.25) is 10.00 Å². The average Bonchev–Trinajstić information content (AvgIpc) is 3.15. The molecule has 0 unspecified atom stereocenters. The van der Waals surface area contributed by atoms with E-state index in [0.29, 0.717) is 6.10 Å². The Kier molecular flexibility index (Phi) is 3.63. The fraction of sp³-hybridized carbons (Fsp3) is 0.769. The number of aromatic amines is 1. The topological polar surface area (TPSA) is 53.2 Å². The molecule has 0 spiro atoms. The second kappa shape index (κ2) is 5.38. The first-order valence-electron chi connectivity index (χ1n) is 6.88. The number of rotatable bonds is 5. The standard InChI is InChI=1S/C13H22N4O/c1-10-11(7-15-16-10)6-14-8-13-9-17(4-5-18-13)12-2-3-12/h7,12-14H,2-6,8-9H2,1H3,(H,15,16)/t13-/m0/s1. The first-order chi connectivity index (χ1) is 8.83. The van der Waals surface area contributed by atoms with Gasteiger partial charge in [0.1, 0.15) is 0 Å². The van der Waals surface area contributed by atoms with Gasteiger partial charge in [0, 0.05) is 43.5 Å². The molecule has 0 aromatic carbocycles. The van der Waals surface area contributed by atoms with E-state index in [1.807, 2.05) is 6.20 Å². The highest BCUT2D eigenvalue weighted by atomic mass is 16.5. The number of aromatic nitrogens is 2. The first kappa shape index (κ1) is 12.1. The second-order valence-electron chi connectivity index (χ2n) is 5.37. The molecule has 1 aromatic rings. The lowest BCUT2D eigenvalue weighted by atomic mass is 10.2. The molecule has 100 valence electrons. The Hall–Kier alpha value is -0.910. The van der Waals surface area contributed by atoms with E-state index in [2.05, 4.69) is 27.3 Å². The van der Waals surface area contributed by atoms with Gasteiger partial charge in [0.25, 0.3) is 0 Å². The van der Waals surface area contributed by atoms with Crippen molar-refractivity contribution in [2.45, 2.75) is 38.5 Å². The Balaban J connectivity index is 1.41. The Morgan fingerprint density at radius 1 is 1.56 bits per heavy atom. The molecule has 1 atom stereocenters. The van der Waals surface area contributed by atoms with Crippen LogP contribution in [0.1, 0.15) is 24.1 Å². The van der Waals surface area contributed by atoms with Gasteiger partial charge in [-0.15, -0.1) is 0 Å². The smallest absolute Gasteiger partial charge is 0.0826 e. The van der Waals surface area contributed by atoms with Crippen molar-refractivity contribution in [1.82, 2.24) is 20.4 Å². The zero-order valence-corrected chi connectivity index (χ0v) is 11.0. The molecular formula is C13H22N4O. The van der Waals surface area contributed by atoms with Crippen molar-refractivity contribution in [2.24, 2.45) is 0 Å². The zero-order valence-electron chi connectivity index (χ0n) is 11.0. The number of hydrogen-bond donors (Lipinski definition) is 2. The summed E-state index contributed by atoms with van der Waals surface area (Å²) in [5.74, 6) is 0. The molecule has 1 aliphatic carbocycles. The molecule has 5 nitrogen and oxygen atoms in total. The number of aryl methyl sites for hydroxylation is 1. The lowest BCUT2D eigenvalue weighted by Crippen LogP contribution is -2.47. The van der Waals surface area contributed by atoms with E-state index in [-0.39, 0.29) is 0 Å². The molecule has 1 aromatic heterocycles. The van der Waals surface area contributed by atoms with Crippen LogP contribution >= 0.6 is 0 Å². The van der Waals surface area contributed by atoms with Gasteiger partial charge in [0.15, 0.2) is 0 Å². The summed E-state index contributed by atoms with van der Waals surface area (Å²) in [5.41, 5.74) is 2.39. The van der Waals surface area contributed by atoms with Crippen molar-refractivity contribution >= 4 is 0 Å². The minimum absolute atomic E-state index is 0.339. The Bertz CT molecular complexity index is 388. The normalized spacial score (nSPS) is 25.5. The van der Waals surface area contributed by atoms with Crippen LogP contribution in [0.5, 0.6) is 0 Å². The third-order valence-corrected chi connectivity index (χ3v) is 3.86. The quantitative estimate of drug-likeness (QED) is 0.806. The predicted molar refractivity (Wildman–Crippen MR) is 69.4 cm³/mol. The van der Waals surface area contributed by atoms with Crippen molar-refractivity contribution in [3.63, 3.8) is 0 Å². The van der Waals surface area contributed by atoms with Crippen LogP contribution in [-0.4, -0.2) is 53.5 Å². The van der Waals surface area contributed by atoms with Gasteiger partial charge in [0.05, 0.1) is 18.9 Å². The first-order valence-corrected chi connectivity index (χ1v) is 6.88. The number of morpholine rings is 1. The third-order valence-electron chi connectivity index (χ3n) is 3.86. The molecule has 1 aliphatic heterocycles. The summed E-state index contributed by atoms with van der Waals surface area (Å²) in [6.07, 6.45) is 5.00. The summed E-state index contributed by atoms with van der Waals surface area (Å²) in [6, 6.07) is 0.854. The highest BCUT2D eigenvalue weighted by Gasteiger charge is 2.32. The minimum atomic E-state index is 0.339. The van der Waals surface area contributed by atoms with Gasteiger partial charge < -0.3 is 10.1 Å². The van der Waals surface area contributed by atoms with Crippen LogP contribution in [0.2, 0.25) is 0 Å². The number of hydrogen-bond acceptors (Lipinski definition) is 4. The van der Waals surface area contributed by atoms with Gasteiger partial charge in [-0.05, 0) is 19.8 Å². The van der Waals surface area contributed by atoms with Crippen LogP contribution in [0.3, 0.4) is 0 Å². The van der Waals surface area contributed by atoms with Crippen LogP contribution in [0.4, 0.5) is 0 Å². The zero-order chi connectivity index (χ0) is 12.4. The van der Waals surface area contributed by atoms with E-state index in [1.54, 1.807) is 0 Å². The van der Waals surface area contributed by atoms with E-state index < -0.39 is 0 Å². The molecule has 2 heterocycles. The van der Waals surface area contributed by atoms with Gasteiger partial charge >= 0.3 is 0 Å². The van der Waals surface area contributed by atoms with Gasteiger partial charge in [-0.2, -0.15) is 5.10 Å². The van der Waals surface area contributed by atoms with Crippen LogP contribution in [0, 0.1) is 6.92 Å². The maximum absolute atomic E-state index is 5.81. The molecule has 0 radical (unpaired) electrons. The maximum Gasteiger partial charge on any atom is 0.0826 e. The summed E-state index contributed by atoms with van der Waals surface area (Å²) >= 11 is 0. The number of nitrogens with zero attached hydrogens (tertiary/aromatic N) is 2. The SMILES string of the molecule is Cc1[nH]ncc1CNC[C@H]1CN(C2CC2)CCO1. The lowest BCUT2D eigenvalue weighted by Gasteiger charge is -2.33. The molecule has 0 bridgehead atoms. The largest absolute Gasteiger partial charge is 0.374 e. The molecule has 2 N–H and O–H groups in total. The van der Waals surface area contributed by atoms with Crippen LogP contribution in [0.15, 0.2) is 6.20 Å². The fourth-order valence-corrected chi connectivity index (χ4v) is 2.56. The molecule has 3 rings (SSSR count). The number of ether oxygens (including phenoxy) is 1. The Morgan fingerprint density at radius 3 is 3.17 bits per heavy atom. The lowest BCUT2D eigenvalue weighted by molar-refractivity contribution is -0.0301. The van der Waals surface area contributed by atoms with E-state index in [4.69, 9.17) is 4.74 Å². The molecule has 18 heavy (non-hydrogen) atoms. The van der Waals surface area contributed by atoms with Crippen molar-refractivity contribution in [1.29, 1.82) is 0 Å². The summed E-state index contributed by atoms with van der Waals surface area (Å²) in [6.45, 7) is 6.92. The van der Waals surface area contributed by atoms with E-state index in [9.17, 15) is 0 Å². The summed E-state index contributed by atoms with van der Waals surface area (Å²) < 4.78 is 5.81. The summed E-state index contributed by atoms with van der Waals surface area (Å²) in [7, 11) is 0. The molecular weight excluding hydrogens is 228 g/mol.